The molecule has 160 valence electrons. The summed E-state index contributed by atoms with van der Waals surface area (Å²) in [5.74, 6) is 2.48. The number of benzene rings is 2. The van der Waals surface area contributed by atoms with Crippen molar-refractivity contribution in [1.82, 2.24) is 10.6 Å². The molecule has 1 aromatic heterocycles. The lowest BCUT2D eigenvalue weighted by molar-refractivity contribution is 0.140. The molecule has 2 aromatic carbocycles. The van der Waals surface area contributed by atoms with Crippen molar-refractivity contribution in [3.8, 4) is 5.75 Å². The Labute approximate surface area is 194 Å². The van der Waals surface area contributed by atoms with Gasteiger partial charge in [-0.3, -0.25) is 4.99 Å². The molecule has 0 spiro atoms. The maximum atomic E-state index is 6.18. The van der Waals surface area contributed by atoms with Gasteiger partial charge in [-0.1, -0.05) is 30.3 Å². The topological polar surface area (TPSA) is 68.0 Å². The zero-order valence-electron chi connectivity index (χ0n) is 17.3. The van der Waals surface area contributed by atoms with Gasteiger partial charge in [0.2, 0.25) is 0 Å². The molecule has 0 amide bonds. The predicted molar refractivity (Wildman–Crippen MR) is 130 cm³/mol. The molecule has 3 aromatic rings. The number of furan rings is 1. The lowest BCUT2D eigenvalue weighted by Crippen LogP contribution is -2.36. The van der Waals surface area contributed by atoms with Gasteiger partial charge in [0.1, 0.15) is 23.2 Å². The molecule has 1 atom stereocenters. The fourth-order valence-electron chi connectivity index (χ4n) is 3.40. The molecule has 2 N–H and O–H groups in total. The number of halogens is 1. The first-order valence-corrected chi connectivity index (χ1v) is 9.97. The van der Waals surface area contributed by atoms with Crippen LogP contribution in [0, 0.1) is 6.92 Å². The van der Waals surface area contributed by atoms with Crippen LogP contribution in [0.3, 0.4) is 0 Å². The highest BCUT2D eigenvalue weighted by Gasteiger charge is 2.18. The molecular formula is C23H28IN3O3. The molecule has 4 rings (SSSR count). The molecule has 1 aliphatic heterocycles. The maximum absolute atomic E-state index is 6.18. The summed E-state index contributed by atoms with van der Waals surface area (Å²) >= 11 is 0. The van der Waals surface area contributed by atoms with Crippen LogP contribution in [0.5, 0.6) is 5.75 Å². The van der Waals surface area contributed by atoms with Gasteiger partial charge in [0.05, 0.1) is 19.8 Å². The second-order valence-electron chi connectivity index (χ2n) is 7.24. The van der Waals surface area contributed by atoms with Gasteiger partial charge >= 0.3 is 0 Å². The largest absolute Gasteiger partial charge is 0.488 e. The van der Waals surface area contributed by atoms with E-state index in [1.54, 1.807) is 7.05 Å². The van der Waals surface area contributed by atoms with E-state index in [1.165, 1.54) is 5.56 Å². The third-order valence-electron chi connectivity index (χ3n) is 4.98. The van der Waals surface area contributed by atoms with Crippen molar-refractivity contribution in [3.05, 3.63) is 65.4 Å². The monoisotopic (exact) mass is 521 g/mol. The number of hydrogen-bond donors (Lipinski definition) is 2. The lowest BCUT2D eigenvalue weighted by atomic mass is 10.1. The Kier molecular flexibility index (Phi) is 7.98. The Bertz CT molecular complexity index is 963. The van der Waals surface area contributed by atoms with Crippen LogP contribution < -0.4 is 15.4 Å². The van der Waals surface area contributed by atoms with Crippen molar-refractivity contribution in [3.63, 3.8) is 0 Å². The van der Waals surface area contributed by atoms with E-state index in [1.807, 2.05) is 30.3 Å². The molecule has 1 unspecified atom stereocenters. The summed E-state index contributed by atoms with van der Waals surface area (Å²) in [6.07, 6.45) is 1.06. The number of para-hydroxylation sites is 1. The Balaban J connectivity index is 0.00000256. The minimum atomic E-state index is 0. The zero-order valence-corrected chi connectivity index (χ0v) is 19.6. The summed E-state index contributed by atoms with van der Waals surface area (Å²) < 4.78 is 17.5. The van der Waals surface area contributed by atoms with Gasteiger partial charge < -0.3 is 24.5 Å². The number of aliphatic imine (C=N–C) groups is 1. The highest BCUT2D eigenvalue weighted by molar-refractivity contribution is 14.0. The van der Waals surface area contributed by atoms with Crippen molar-refractivity contribution < 1.29 is 13.9 Å². The van der Waals surface area contributed by atoms with E-state index >= 15 is 0 Å². The first kappa shape index (κ1) is 22.4. The molecule has 1 saturated heterocycles. The van der Waals surface area contributed by atoms with E-state index in [0.717, 1.165) is 41.1 Å². The number of nitrogens with zero attached hydrogens (tertiary/aromatic N) is 1. The molecule has 1 fully saturated rings. The van der Waals surface area contributed by atoms with Crippen molar-refractivity contribution in [2.45, 2.75) is 32.5 Å². The summed E-state index contributed by atoms with van der Waals surface area (Å²) in [4.78, 5) is 4.31. The summed E-state index contributed by atoms with van der Waals surface area (Å²) in [5.41, 5.74) is 3.16. The molecule has 0 saturated carbocycles. The predicted octanol–water partition coefficient (Wildman–Crippen LogP) is 4.39. The minimum Gasteiger partial charge on any atom is -0.488 e. The van der Waals surface area contributed by atoms with Crippen molar-refractivity contribution in [2.24, 2.45) is 4.99 Å². The summed E-state index contributed by atoms with van der Waals surface area (Å²) in [6, 6.07) is 16.3. The fraction of sp³-hybridized carbons (Fsp3) is 0.348. The minimum absolute atomic E-state index is 0. The highest BCUT2D eigenvalue weighted by Crippen LogP contribution is 2.24. The van der Waals surface area contributed by atoms with Crippen LogP contribution in [0.25, 0.3) is 11.0 Å². The Morgan fingerprint density at radius 3 is 2.73 bits per heavy atom. The van der Waals surface area contributed by atoms with Crippen molar-refractivity contribution in [2.75, 3.05) is 20.3 Å². The number of fused-ring (bicyclic) bond motifs is 1. The summed E-state index contributed by atoms with van der Waals surface area (Å²) in [5, 5.41) is 7.77. The van der Waals surface area contributed by atoms with E-state index in [4.69, 9.17) is 13.9 Å². The third kappa shape index (κ3) is 5.66. The Hall–Kier alpha value is -2.26. The second-order valence-corrected chi connectivity index (χ2v) is 7.24. The lowest BCUT2D eigenvalue weighted by Gasteiger charge is -2.18. The zero-order chi connectivity index (χ0) is 20.1. The molecule has 2 heterocycles. The van der Waals surface area contributed by atoms with Gasteiger partial charge in [0, 0.05) is 31.0 Å². The normalized spacial score (nSPS) is 16.3. The van der Waals surface area contributed by atoms with E-state index < -0.39 is 0 Å². The summed E-state index contributed by atoms with van der Waals surface area (Å²) in [7, 11) is 1.76. The molecule has 30 heavy (non-hydrogen) atoms. The molecule has 0 radical (unpaired) electrons. The third-order valence-corrected chi connectivity index (χ3v) is 4.98. The van der Waals surface area contributed by atoms with Crippen LogP contribution in [-0.2, 0) is 17.8 Å². The number of nitrogens with one attached hydrogen (secondary N) is 2. The van der Waals surface area contributed by atoms with Crippen LogP contribution in [0.1, 0.15) is 23.3 Å². The van der Waals surface area contributed by atoms with E-state index in [2.05, 4.69) is 40.7 Å². The van der Waals surface area contributed by atoms with Gasteiger partial charge in [-0.05, 0) is 30.7 Å². The van der Waals surface area contributed by atoms with Crippen LogP contribution in [0.2, 0.25) is 0 Å². The Morgan fingerprint density at radius 1 is 1.13 bits per heavy atom. The van der Waals surface area contributed by atoms with Gasteiger partial charge in [-0.15, -0.1) is 24.0 Å². The van der Waals surface area contributed by atoms with Gasteiger partial charge in [0.15, 0.2) is 5.96 Å². The number of ether oxygens (including phenoxy) is 2. The first-order chi connectivity index (χ1) is 14.2. The van der Waals surface area contributed by atoms with Gasteiger partial charge in [-0.2, -0.15) is 0 Å². The number of hydrogen-bond acceptors (Lipinski definition) is 4. The number of rotatable bonds is 6. The van der Waals surface area contributed by atoms with Crippen molar-refractivity contribution in [1.29, 1.82) is 0 Å². The molecule has 6 nitrogen and oxygen atoms in total. The molecule has 0 aliphatic carbocycles. The van der Waals surface area contributed by atoms with E-state index in [-0.39, 0.29) is 30.1 Å². The molecule has 1 aliphatic rings. The van der Waals surface area contributed by atoms with Crippen LogP contribution in [0.15, 0.2) is 57.9 Å². The number of guanidine groups is 1. The van der Waals surface area contributed by atoms with E-state index in [9.17, 15) is 0 Å². The molecule has 0 bridgehead atoms. The molecular weight excluding hydrogens is 493 g/mol. The highest BCUT2D eigenvalue weighted by atomic mass is 127. The van der Waals surface area contributed by atoms with Crippen molar-refractivity contribution >= 4 is 40.9 Å². The summed E-state index contributed by atoms with van der Waals surface area (Å²) in [6.45, 7) is 4.67. The average Bonchev–Trinajstić information content (AvgIpc) is 3.38. The van der Waals surface area contributed by atoms with Gasteiger partial charge in [-0.25, -0.2) is 0 Å². The standard InChI is InChI=1S/C23H27N3O3.HI/c1-16-7-8-18(22(11-16)28-19-9-10-27-15-19)13-25-23(24-2)26-14-20-12-17-5-3-4-6-21(17)29-20;/h3-8,11-12,19H,9-10,13-15H2,1-2H3,(H2,24,25,26);1H. The van der Waals surface area contributed by atoms with E-state index in [0.29, 0.717) is 25.7 Å². The second kappa shape index (κ2) is 10.7. The fourth-order valence-corrected chi connectivity index (χ4v) is 3.40. The van der Waals surface area contributed by atoms with Crippen LogP contribution in [-0.4, -0.2) is 32.3 Å². The Morgan fingerprint density at radius 2 is 1.97 bits per heavy atom. The van der Waals surface area contributed by atoms with Crippen LogP contribution >= 0.6 is 24.0 Å². The molecule has 7 heteroatoms. The quantitative estimate of drug-likeness (QED) is 0.286. The first-order valence-electron chi connectivity index (χ1n) is 9.97. The SMILES string of the molecule is CN=C(NCc1cc2ccccc2o1)NCc1ccc(C)cc1OC1CCOC1.I. The average molecular weight is 521 g/mol. The van der Waals surface area contributed by atoms with Gasteiger partial charge in [0.25, 0.3) is 0 Å². The number of aryl methyl sites for hydroxylation is 1. The van der Waals surface area contributed by atoms with Crippen LogP contribution in [0.4, 0.5) is 0 Å². The maximum Gasteiger partial charge on any atom is 0.191 e. The smallest absolute Gasteiger partial charge is 0.191 e.